The number of nitrogens with two attached hydrogens (primary N) is 1. The molecule has 0 spiro atoms. The van der Waals surface area contributed by atoms with Crippen molar-refractivity contribution in [2.75, 3.05) is 4.90 Å². The summed E-state index contributed by atoms with van der Waals surface area (Å²) in [6.07, 6.45) is 4.48. The van der Waals surface area contributed by atoms with Crippen LogP contribution in [0, 0.1) is 11.3 Å². The molecule has 0 saturated carbocycles. The van der Waals surface area contributed by atoms with Crippen molar-refractivity contribution >= 4 is 17.1 Å². The van der Waals surface area contributed by atoms with Crippen LogP contribution in [0.25, 0.3) is 5.52 Å². The lowest BCUT2D eigenvalue weighted by Crippen LogP contribution is -2.42. The van der Waals surface area contributed by atoms with Crippen LogP contribution in [0.4, 0.5) is 5.69 Å². The van der Waals surface area contributed by atoms with Crippen LogP contribution >= 0.6 is 0 Å². The number of benzene rings is 1. The van der Waals surface area contributed by atoms with Crippen LogP contribution in [0.1, 0.15) is 16.7 Å². The van der Waals surface area contributed by atoms with Crippen LogP contribution in [0.2, 0.25) is 0 Å². The number of carbonyl (C=O) groups excluding carboxylic acids is 1. The maximum absolute atomic E-state index is 11.9. The molecule has 0 bridgehead atoms. The van der Waals surface area contributed by atoms with E-state index in [0.29, 0.717) is 18.5 Å². The van der Waals surface area contributed by atoms with E-state index in [1.54, 1.807) is 0 Å². The Balaban J connectivity index is 1.79. The van der Waals surface area contributed by atoms with Gasteiger partial charge in [0, 0.05) is 36.6 Å². The van der Waals surface area contributed by atoms with Crippen molar-refractivity contribution in [3.8, 4) is 6.07 Å². The predicted molar refractivity (Wildman–Crippen MR) is 91.4 cm³/mol. The predicted octanol–water partition coefficient (Wildman–Crippen LogP) is 2.23. The van der Waals surface area contributed by atoms with Crippen LogP contribution in [0.5, 0.6) is 0 Å². The van der Waals surface area contributed by atoms with Crippen molar-refractivity contribution in [2.45, 2.75) is 19.0 Å². The van der Waals surface area contributed by atoms with E-state index in [-0.39, 0.29) is 11.9 Å². The highest BCUT2D eigenvalue weighted by Gasteiger charge is 2.33. The number of nitrogens with zero attached hydrogens (tertiary/aromatic N) is 3. The van der Waals surface area contributed by atoms with E-state index in [1.165, 1.54) is 0 Å². The highest BCUT2D eigenvalue weighted by atomic mass is 16.1. The molecule has 5 nitrogen and oxygen atoms in total. The number of hydrogen-bond acceptors (Lipinski definition) is 3. The molecule has 1 atom stereocenters. The second-order valence-corrected chi connectivity index (χ2v) is 6.01. The number of amides is 1. The molecular weight excluding hydrogens is 300 g/mol. The van der Waals surface area contributed by atoms with Gasteiger partial charge in [-0.15, -0.1) is 0 Å². The summed E-state index contributed by atoms with van der Waals surface area (Å²) in [7, 11) is 0. The Kier molecular flexibility index (Phi) is 3.24. The average Bonchev–Trinajstić information content (AvgIpc) is 3.13. The highest BCUT2D eigenvalue weighted by molar-refractivity contribution is 5.87. The van der Waals surface area contributed by atoms with Gasteiger partial charge in [-0.25, -0.2) is 0 Å². The first kappa shape index (κ1) is 14.3. The Morgan fingerprint density at radius 2 is 2.04 bits per heavy atom. The first-order valence-corrected chi connectivity index (χ1v) is 7.81. The van der Waals surface area contributed by atoms with Gasteiger partial charge in [-0.3, -0.25) is 4.79 Å². The summed E-state index contributed by atoms with van der Waals surface area (Å²) >= 11 is 0. The second kappa shape index (κ2) is 5.43. The normalized spacial score (nSPS) is 16.1. The molecular formula is C19H16N4O. The Morgan fingerprint density at radius 1 is 1.25 bits per heavy atom. The fraction of sp³-hybridized carbons (Fsp3) is 0.158. The molecule has 0 aliphatic carbocycles. The number of nitriles is 1. The van der Waals surface area contributed by atoms with Crippen molar-refractivity contribution < 1.29 is 4.79 Å². The zero-order chi connectivity index (χ0) is 16.7. The lowest BCUT2D eigenvalue weighted by Gasteiger charge is -2.25. The fourth-order valence-electron chi connectivity index (χ4n) is 3.51. The first-order chi connectivity index (χ1) is 11.7. The lowest BCUT2D eigenvalue weighted by molar-refractivity contribution is -0.119. The van der Waals surface area contributed by atoms with Crippen molar-refractivity contribution in [1.29, 1.82) is 5.26 Å². The molecule has 2 N–H and O–H groups in total. The van der Waals surface area contributed by atoms with Gasteiger partial charge in [0.25, 0.3) is 0 Å². The summed E-state index contributed by atoms with van der Waals surface area (Å²) in [4.78, 5) is 13.9. The van der Waals surface area contributed by atoms with Crippen molar-refractivity contribution in [3.63, 3.8) is 0 Å². The Labute approximate surface area is 139 Å². The molecule has 3 aromatic rings. The fourth-order valence-corrected chi connectivity index (χ4v) is 3.51. The van der Waals surface area contributed by atoms with E-state index in [9.17, 15) is 10.1 Å². The van der Waals surface area contributed by atoms with Crippen molar-refractivity contribution in [1.82, 2.24) is 4.40 Å². The molecule has 118 valence electrons. The maximum Gasteiger partial charge on any atom is 0.240 e. The number of carbonyl (C=O) groups is 1. The zero-order valence-corrected chi connectivity index (χ0v) is 13.0. The van der Waals surface area contributed by atoms with Crippen LogP contribution in [0.15, 0.2) is 54.9 Å². The smallest absolute Gasteiger partial charge is 0.240 e. The number of para-hydroxylation sites is 1. The third-order valence-corrected chi connectivity index (χ3v) is 4.63. The third-order valence-electron chi connectivity index (χ3n) is 4.63. The molecule has 1 aliphatic heterocycles. The summed E-state index contributed by atoms with van der Waals surface area (Å²) < 4.78 is 1.94. The van der Waals surface area contributed by atoms with Crippen LogP contribution in [-0.2, 0) is 17.8 Å². The van der Waals surface area contributed by atoms with E-state index in [4.69, 9.17) is 5.73 Å². The Bertz CT molecular complexity index is 982. The number of anilines is 1. The minimum absolute atomic E-state index is 0.339. The summed E-state index contributed by atoms with van der Waals surface area (Å²) in [5, 5.41) is 9.58. The summed E-state index contributed by atoms with van der Waals surface area (Å²) in [5.41, 5.74) is 10.2. The molecule has 1 aromatic carbocycles. The summed E-state index contributed by atoms with van der Waals surface area (Å²) in [6.45, 7) is 0.481. The van der Waals surface area contributed by atoms with E-state index in [2.05, 4.69) is 6.07 Å². The molecule has 0 saturated heterocycles. The van der Waals surface area contributed by atoms with Gasteiger partial charge >= 0.3 is 0 Å². The minimum atomic E-state index is -0.378. The third kappa shape index (κ3) is 2.12. The lowest BCUT2D eigenvalue weighted by atomic mass is 10.1. The number of aromatic nitrogens is 1. The molecule has 24 heavy (non-hydrogen) atoms. The molecule has 5 heteroatoms. The molecule has 3 heterocycles. The van der Waals surface area contributed by atoms with E-state index in [0.717, 1.165) is 22.3 Å². The van der Waals surface area contributed by atoms with Gasteiger partial charge in [0.15, 0.2) is 0 Å². The standard InChI is InChI=1S/C19H16N4O/c20-10-15-14(11-22-8-4-3-7-17(15)22)12-23-16-6-2-1-5-13(16)9-18(23)19(21)24/h1-8,11,18H,9,12H2,(H2,21,24)/t18-/m0/s1. The van der Waals surface area contributed by atoms with Crippen LogP contribution in [0.3, 0.4) is 0 Å². The Hall–Kier alpha value is -3.26. The van der Waals surface area contributed by atoms with Gasteiger partial charge < -0.3 is 15.0 Å². The monoisotopic (exact) mass is 316 g/mol. The van der Waals surface area contributed by atoms with Crippen molar-refractivity contribution in [3.05, 3.63) is 71.5 Å². The number of fused-ring (bicyclic) bond motifs is 2. The molecule has 0 radical (unpaired) electrons. The topological polar surface area (TPSA) is 74.5 Å². The Morgan fingerprint density at radius 3 is 2.83 bits per heavy atom. The molecule has 1 aliphatic rings. The van der Waals surface area contributed by atoms with Gasteiger partial charge in [0.1, 0.15) is 12.1 Å². The van der Waals surface area contributed by atoms with Crippen LogP contribution in [-0.4, -0.2) is 16.3 Å². The first-order valence-electron chi connectivity index (χ1n) is 7.81. The molecule has 1 amide bonds. The number of hydrogen-bond donors (Lipinski definition) is 1. The van der Waals surface area contributed by atoms with Gasteiger partial charge in [0.05, 0.1) is 11.1 Å². The number of rotatable bonds is 3. The molecule has 2 aromatic heterocycles. The quantitative estimate of drug-likeness (QED) is 0.805. The summed E-state index contributed by atoms with van der Waals surface area (Å²) in [6, 6.07) is 15.6. The van der Waals surface area contributed by atoms with Crippen LogP contribution < -0.4 is 10.6 Å². The molecule has 4 rings (SSSR count). The largest absolute Gasteiger partial charge is 0.368 e. The molecule has 0 unspecified atom stereocenters. The van der Waals surface area contributed by atoms with E-state index < -0.39 is 0 Å². The van der Waals surface area contributed by atoms with Crippen molar-refractivity contribution in [2.24, 2.45) is 5.73 Å². The van der Waals surface area contributed by atoms with E-state index >= 15 is 0 Å². The number of pyridine rings is 1. The minimum Gasteiger partial charge on any atom is -0.368 e. The SMILES string of the molecule is N#Cc1c(CN2c3ccccc3C[C@H]2C(N)=O)cn2ccccc12. The van der Waals surface area contributed by atoms with Gasteiger partial charge in [-0.05, 0) is 23.8 Å². The zero-order valence-electron chi connectivity index (χ0n) is 13.0. The maximum atomic E-state index is 11.9. The second-order valence-electron chi connectivity index (χ2n) is 6.01. The highest BCUT2D eigenvalue weighted by Crippen LogP contribution is 2.34. The number of primary amides is 1. The molecule has 0 fully saturated rings. The van der Waals surface area contributed by atoms with Gasteiger partial charge in [-0.1, -0.05) is 24.3 Å². The van der Waals surface area contributed by atoms with Gasteiger partial charge in [0.2, 0.25) is 5.91 Å². The average molecular weight is 316 g/mol. The van der Waals surface area contributed by atoms with E-state index in [1.807, 2.05) is 64.2 Å². The van der Waals surface area contributed by atoms with Gasteiger partial charge in [-0.2, -0.15) is 5.26 Å². The summed E-state index contributed by atoms with van der Waals surface area (Å²) in [5.74, 6) is -0.339.